The molecule has 2 heterocycles. The summed E-state index contributed by atoms with van der Waals surface area (Å²) in [6, 6.07) is 5.46. The number of rotatable bonds is 3. The number of halogens is 2. The topological polar surface area (TPSA) is 55.0 Å². The van der Waals surface area contributed by atoms with Crippen LogP contribution in [0.5, 0.6) is 0 Å². The fourth-order valence-electron chi connectivity index (χ4n) is 2.83. The van der Waals surface area contributed by atoms with Crippen LogP contribution in [-0.2, 0) is 6.42 Å². The van der Waals surface area contributed by atoms with Gasteiger partial charge in [0.2, 0.25) is 0 Å². The van der Waals surface area contributed by atoms with Crippen molar-refractivity contribution in [2.24, 2.45) is 5.73 Å². The molecule has 0 radical (unpaired) electrons. The number of anilines is 2. The molecule has 1 aromatic heterocycles. The molecule has 1 aliphatic rings. The highest BCUT2D eigenvalue weighted by Gasteiger charge is 2.28. The van der Waals surface area contributed by atoms with Gasteiger partial charge in [-0.2, -0.15) is 0 Å². The molecule has 0 saturated heterocycles. The molecular weight excluding hydrogens is 319 g/mol. The van der Waals surface area contributed by atoms with Crippen LogP contribution in [0.2, 0.25) is 10.0 Å². The fourth-order valence-corrected chi connectivity index (χ4v) is 3.34. The maximum absolute atomic E-state index is 6.35. The molecule has 22 heavy (non-hydrogen) atoms. The van der Waals surface area contributed by atoms with Crippen LogP contribution >= 0.6 is 23.2 Å². The number of fused-ring (bicyclic) bond motifs is 1. The molecule has 116 valence electrons. The lowest BCUT2D eigenvalue weighted by Crippen LogP contribution is -2.17. The Morgan fingerprint density at radius 1 is 1.32 bits per heavy atom. The van der Waals surface area contributed by atoms with Gasteiger partial charge in [-0.1, -0.05) is 30.1 Å². The molecule has 1 unspecified atom stereocenters. The summed E-state index contributed by atoms with van der Waals surface area (Å²) in [5.74, 6) is 1.64. The van der Waals surface area contributed by atoms with Gasteiger partial charge in [-0.05, 0) is 38.0 Å². The molecular formula is C16H18Cl2N4. The van der Waals surface area contributed by atoms with E-state index in [0.29, 0.717) is 10.0 Å². The normalized spacial score (nSPS) is 15.0. The maximum atomic E-state index is 6.35. The molecule has 0 spiro atoms. The van der Waals surface area contributed by atoms with Crippen LogP contribution in [0.4, 0.5) is 11.5 Å². The zero-order valence-corrected chi connectivity index (χ0v) is 14.1. The lowest BCUT2D eigenvalue weighted by molar-refractivity contribution is 0.661. The van der Waals surface area contributed by atoms with Crippen molar-refractivity contribution in [1.29, 1.82) is 0 Å². The lowest BCUT2D eigenvalue weighted by atomic mass is 10.1. The van der Waals surface area contributed by atoms with Crippen molar-refractivity contribution in [3.05, 3.63) is 45.3 Å². The van der Waals surface area contributed by atoms with Crippen LogP contribution in [-0.4, -0.2) is 16.5 Å². The molecule has 0 fully saturated rings. The molecule has 0 bridgehead atoms. The van der Waals surface area contributed by atoms with E-state index in [9.17, 15) is 0 Å². The first-order valence-electron chi connectivity index (χ1n) is 7.36. The summed E-state index contributed by atoms with van der Waals surface area (Å²) in [6.45, 7) is 4.78. The van der Waals surface area contributed by atoms with Crippen LogP contribution in [0.25, 0.3) is 0 Å². The summed E-state index contributed by atoms with van der Waals surface area (Å²) in [7, 11) is 0. The first-order chi connectivity index (χ1) is 10.5. The molecule has 2 N–H and O–H groups in total. The fraction of sp³-hybridized carbons (Fsp3) is 0.375. The predicted molar refractivity (Wildman–Crippen MR) is 91.2 cm³/mol. The quantitative estimate of drug-likeness (QED) is 0.912. The number of hydrogen-bond donors (Lipinski definition) is 1. The predicted octanol–water partition coefficient (Wildman–Crippen LogP) is 4.20. The van der Waals surface area contributed by atoms with Crippen molar-refractivity contribution in [3.8, 4) is 0 Å². The number of aromatic nitrogens is 2. The van der Waals surface area contributed by atoms with Crippen LogP contribution in [0.3, 0.4) is 0 Å². The Kier molecular flexibility index (Phi) is 4.26. The lowest BCUT2D eigenvalue weighted by Gasteiger charge is -2.21. The third kappa shape index (κ3) is 2.67. The van der Waals surface area contributed by atoms with Gasteiger partial charge in [0.25, 0.3) is 0 Å². The molecule has 1 aliphatic heterocycles. The second-order valence-electron chi connectivity index (χ2n) is 5.47. The second kappa shape index (κ2) is 6.03. The number of nitrogens with two attached hydrogens (primary N) is 1. The largest absolute Gasteiger partial charge is 0.324 e. The van der Waals surface area contributed by atoms with Crippen molar-refractivity contribution < 1.29 is 0 Å². The van der Waals surface area contributed by atoms with Crippen molar-refractivity contribution >= 4 is 34.7 Å². The summed E-state index contributed by atoms with van der Waals surface area (Å²) in [4.78, 5) is 11.3. The van der Waals surface area contributed by atoms with Crippen LogP contribution < -0.4 is 10.6 Å². The summed E-state index contributed by atoms with van der Waals surface area (Å²) >= 11 is 12.3. The number of hydrogen-bond acceptors (Lipinski definition) is 4. The van der Waals surface area contributed by atoms with Crippen LogP contribution in [0.15, 0.2) is 18.2 Å². The number of aryl methyl sites for hydroxylation is 1. The van der Waals surface area contributed by atoms with Gasteiger partial charge in [0.1, 0.15) is 11.6 Å². The number of benzene rings is 1. The van der Waals surface area contributed by atoms with E-state index in [4.69, 9.17) is 28.9 Å². The van der Waals surface area contributed by atoms with Gasteiger partial charge in [-0.3, -0.25) is 0 Å². The second-order valence-corrected chi connectivity index (χ2v) is 6.31. The monoisotopic (exact) mass is 336 g/mol. The smallest absolute Gasteiger partial charge is 0.140 e. The van der Waals surface area contributed by atoms with Crippen molar-refractivity contribution in [2.45, 2.75) is 32.7 Å². The number of nitrogens with zero attached hydrogens (tertiary/aromatic N) is 3. The Morgan fingerprint density at radius 3 is 2.77 bits per heavy atom. The van der Waals surface area contributed by atoms with E-state index in [1.165, 1.54) is 0 Å². The summed E-state index contributed by atoms with van der Waals surface area (Å²) in [5.41, 5.74) is 9.22. The van der Waals surface area contributed by atoms with Gasteiger partial charge in [-0.15, -0.1) is 0 Å². The van der Waals surface area contributed by atoms with Gasteiger partial charge in [0, 0.05) is 23.2 Å². The van der Waals surface area contributed by atoms with E-state index in [2.05, 4.69) is 21.8 Å². The maximum Gasteiger partial charge on any atom is 0.140 e. The molecule has 6 heteroatoms. The van der Waals surface area contributed by atoms with E-state index in [-0.39, 0.29) is 6.04 Å². The highest BCUT2D eigenvalue weighted by Crippen LogP contribution is 2.39. The van der Waals surface area contributed by atoms with Gasteiger partial charge < -0.3 is 10.6 Å². The first kappa shape index (κ1) is 15.5. The average molecular weight is 337 g/mol. The molecule has 2 aromatic rings. The Bertz CT molecular complexity index is 718. The molecule has 1 atom stereocenters. The van der Waals surface area contributed by atoms with Crippen LogP contribution in [0.1, 0.15) is 36.5 Å². The van der Waals surface area contributed by atoms with E-state index in [1.54, 1.807) is 6.07 Å². The standard InChI is InChI=1S/C16H18Cl2N4/c1-3-13(19)15-11-6-7-22(16(11)21-9(2)20-15)14-5-4-10(17)8-12(14)18/h4-5,8,13H,3,6-7,19H2,1-2H3. The molecule has 3 rings (SSSR count). The Hall–Kier alpha value is -1.36. The zero-order valence-electron chi connectivity index (χ0n) is 12.6. The average Bonchev–Trinajstić information content (AvgIpc) is 2.89. The molecule has 0 saturated carbocycles. The Morgan fingerprint density at radius 2 is 2.09 bits per heavy atom. The summed E-state index contributed by atoms with van der Waals surface area (Å²) in [6.07, 6.45) is 1.72. The van der Waals surface area contributed by atoms with Gasteiger partial charge in [-0.25, -0.2) is 9.97 Å². The molecule has 1 aromatic carbocycles. The minimum atomic E-state index is -0.0592. The zero-order chi connectivity index (χ0) is 15.9. The van der Waals surface area contributed by atoms with Gasteiger partial charge >= 0.3 is 0 Å². The van der Waals surface area contributed by atoms with E-state index in [1.807, 2.05) is 19.1 Å². The highest BCUT2D eigenvalue weighted by molar-refractivity contribution is 6.36. The summed E-state index contributed by atoms with van der Waals surface area (Å²) in [5, 5.41) is 1.25. The molecule has 0 amide bonds. The van der Waals surface area contributed by atoms with Gasteiger partial charge in [0.05, 0.1) is 16.4 Å². The Balaban J connectivity index is 2.10. The minimum Gasteiger partial charge on any atom is -0.324 e. The van der Waals surface area contributed by atoms with Gasteiger partial charge in [0.15, 0.2) is 0 Å². The van der Waals surface area contributed by atoms with Crippen molar-refractivity contribution in [1.82, 2.24) is 9.97 Å². The third-order valence-corrected chi connectivity index (χ3v) is 4.50. The Labute approximate surface area is 140 Å². The summed E-state index contributed by atoms with van der Waals surface area (Å²) < 4.78 is 0. The van der Waals surface area contributed by atoms with Crippen molar-refractivity contribution in [3.63, 3.8) is 0 Å². The van der Waals surface area contributed by atoms with E-state index >= 15 is 0 Å². The van der Waals surface area contributed by atoms with E-state index < -0.39 is 0 Å². The third-order valence-electron chi connectivity index (χ3n) is 3.96. The minimum absolute atomic E-state index is 0.0592. The molecule has 4 nitrogen and oxygen atoms in total. The first-order valence-corrected chi connectivity index (χ1v) is 8.12. The SMILES string of the molecule is CCC(N)c1nc(C)nc2c1CCN2c1ccc(Cl)cc1Cl. The molecule has 0 aliphatic carbocycles. The van der Waals surface area contributed by atoms with E-state index in [0.717, 1.165) is 48.0 Å². The van der Waals surface area contributed by atoms with Crippen molar-refractivity contribution in [2.75, 3.05) is 11.4 Å². The van der Waals surface area contributed by atoms with Crippen LogP contribution in [0, 0.1) is 6.92 Å². The highest BCUT2D eigenvalue weighted by atomic mass is 35.5.